The summed E-state index contributed by atoms with van der Waals surface area (Å²) in [6, 6.07) is 4.07. The molecule has 1 aromatic rings. The summed E-state index contributed by atoms with van der Waals surface area (Å²) in [4.78, 5) is 6.42. The van der Waals surface area contributed by atoms with Gasteiger partial charge in [-0.05, 0) is 27.1 Å². The zero-order chi connectivity index (χ0) is 9.68. The van der Waals surface area contributed by atoms with Crippen LogP contribution in [-0.2, 0) is 6.54 Å². The Balaban J connectivity index is 2.78. The van der Waals surface area contributed by atoms with Crippen molar-refractivity contribution in [2.24, 2.45) is 0 Å². The minimum absolute atomic E-state index is 0.914. The summed E-state index contributed by atoms with van der Waals surface area (Å²) in [5, 5.41) is 3.24. The number of hydrogen-bond donors (Lipinski definition) is 1. The fourth-order valence-electron chi connectivity index (χ4n) is 1.23. The van der Waals surface area contributed by atoms with Crippen molar-refractivity contribution >= 4 is 5.82 Å². The number of nitrogens with one attached hydrogen (secondary N) is 1. The van der Waals surface area contributed by atoms with Crippen LogP contribution in [0.2, 0.25) is 0 Å². The van der Waals surface area contributed by atoms with Crippen LogP contribution in [0.1, 0.15) is 12.5 Å². The van der Waals surface area contributed by atoms with Crippen LogP contribution < -0.4 is 5.32 Å². The van der Waals surface area contributed by atoms with E-state index in [1.165, 1.54) is 5.56 Å². The number of rotatable bonds is 4. The summed E-state index contributed by atoms with van der Waals surface area (Å²) in [5.41, 5.74) is 1.24. The van der Waals surface area contributed by atoms with Gasteiger partial charge in [-0.15, -0.1) is 0 Å². The first-order valence-corrected chi connectivity index (χ1v) is 4.56. The van der Waals surface area contributed by atoms with Gasteiger partial charge in [-0.1, -0.05) is 6.07 Å². The fraction of sp³-hybridized carbons (Fsp3) is 0.500. The Morgan fingerprint density at radius 3 is 2.85 bits per heavy atom. The lowest BCUT2D eigenvalue weighted by molar-refractivity contribution is 0.402. The summed E-state index contributed by atoms with van der Waals surface area (Å²) in [5.74, 6) is 0.999. The molecule has 0 saturated carbocycles. The average Bonchev–Trinajstić information content (AvgIpc) is 2.08. The van der Waals surface area contributed by atoms with Gasteiger partial charge in [-0.25, -0.2) is 4.98 Å². The quantitative estimate of drug-likeness (QED) is 0.760. The lowest BCUT2D eigenvalue weighted by Gasteiger charge is -2.13. The van der Waals surface area contributed by atoms with Gasteiger partial charge in [0.25, 0.3) is 0 Å². The Labute approximate surface area is 79.8 Å². The second kappa shape index (κ2) is 4.82. The number of pyridine rings is 1. The van der Waals surface area contributed by atoms with Crippen molar-refractivity contribution in [3.8, 4) is 0 Å². The Morgan fingerprint density at radius 2 is 2.23 bits per heavy atom. The molecule has 13 heavy (non-hydrogen) atoms. The molecule has 0 spiro atoms. The van der Waals surface area contributed by atoms with Crippen LogP contribution in [0.25, 0.3) is 0 Å². The lowest BCUT2D eigenvalue weighted by Crippen LogP contribution is -2.13. The smallest absolute Gasteiger partial charge is 0.130 e. The summed E-state index contributed by atoms with van der Waals surface area (Å²) in [6.45, 7) is 3.92. The molecule has 0 fully saturated rings. The van der Waals surface area contributed by atoms with Gasteiger partial charge in [-0.3, -0.25) is 0 Å². The number of anilines is 1. The minimum Gasteiger partial charge on any atom is -0.370 e. The van der Waals surface area contributed by atoms with E-state index in [4.69, 9.17) is 0 Å². The van der Waals surface area contributed by atoms with Gasteiger partial charge in [0.1, 0.15) is 5.82 Å². The van der Waals surface area contributed by atoms with E-state index in [0.29, 0.717) is 0 Å². The predicted octanol–water partition coefficient (Wildman–Crippen LogP) is 1.57. The molecular weight excluding hydrogens is 162 g/mol. The molecule has 1 heterocycles. The molecule has 0 aliphatic carbocycles. The van der Waals surface area contributed by atoms with Crippen LogP contribution in [0.4, 0.5) is 5.82 Å². The van der Waals surface area contributed by atoms with Gasteiger partial charge < -0.3 is 10.2 Å². The van der Waals surface area contributed by atoms with Gasteiger partial charge in [0.05, 0.1) is 0 Å². The third-order valence-electron chi connectivity index (χ3n) is 1.72. The second-order valence-corrected chi connectivity index (χ2v) is 3.28. The maximum absolute atomic E-state index is 4.28. The maximum atomic E-state index is 4.28. The van der Waals surface area contributed by atoms with Crippen LogP contribution in [0.3, 0.4) is 0 Å². The fourth-order valence-corrected chi connectivity index (χ4v) is 1.23. The third-order valence-corrected chi connectivity index (χ3v) is 1.72. The number of nitrogens with zero attached hydrogens (tertiary/aromatic N) is 2. The van der Waals surface area contributed by atoms with E-state index >= 15 is 0 Å². The van der Waals surface area contributed by atoms with Crippen molar-refractivity contribution in [1.29, 1.82) is 0 Å². The van der Waals surface area contributed by atoms with Gasteiger partial charge in [0.15, 0.2) is 0 Å². The van der Waals surface area contributed by atoms with Gasteiger partial charge in [-0.2, -0.15) is 0 Å². The molecule has 1 rings (SSSR count). The topological polar surface area (TPSA) is 28.2 Å². The van der Waals surface area contributed by atoms with Crippen molar-refractivity contribution in [2.45, 2.75) is 13.5 Å². The van der Waals surface area contributed by atoms with E-state index in [-0.39, 0.29) is 0 Å². The summed E-state index contributed by atoms with van der Waals surface area (Å²) in [7, 11) is 4.12. The van der Waals surface area contributed by atoms with Crippen molar-refractivity contribution in [1.82, 2.24) is 9.88 Å². The molecular formula is C10H17N3. The van der Waals surface area contributed by atoms with Crippen LogP contribution in [0.15, 0.2) is 18.3 Å². The molecule has 0 aliphatic heterocycles. The van der Waals surface area contributed by atoms with Crippen molar-refractivity contribution < 1.29 is 0 Å². The van der Waals surface area contributed by atoms with E-state index in [0.717, 1.165) is 18.9 Å². The molecule has 0 aromatic carbocycles. The monoisotopic (exact) mass is 179 g/mol. The van der Waals surface area contributed by atoms with Gasteiger partial charge in [0, 0.05) is 24.8 Å². The highest BCUT2D eigenvalue weighted by molar-refractivity contribution is 5.43. The van der Waals surface area contributed by atoms with Gasteiger partial charge in [0.2, 0.25) is 0 Å². The first-order chi connectivity index (χ1) is 6.24. The zero-order valence-electron chi connectivity index (χ0n) is 8.54. The highest BCUT2D eigenvalue weighted by atomic mass is 15.1. The molecule has 0 radical (unpaired) electrons. The summed E-state index contributed by atoms with van der Waals surface area (Å²) in [6.07, 6.45) is 1.82. The molecule has 1 aromatic heterocycles. The first-order valence-electron chi connectivity index (χ1n) is 4.56. The normalized spacial score (nSPS) is 10.5. The number of hydrogen-bond acceptors (Lipinski definition) is 3. The maximum Gasteiger partial charge on any atom is 0.130 e. The van der Waals surface area contributed by atoms with E-state index in [9.17, 15) is 0 Å². The van der Waals surface area contributed by atoms with E-state index in [2.05, 4.69) is 42.3 Å². The van der Waals surface area contributed by atoms with Gasteiger partial charge >= 0.3 is 0 Å². The molecule has 0 bridgehead atoms. The standard InChI is InChI=1S/C10H17N3/c1-4-11-10-9(8-13(2)3)6-5-7-12-10/h5-7H,4,8H2,1-3H3,(H,11,12). The Hall–Kier alpha value is -1.09. The SMILES string of the molecule is CCNc1ncccc1CN(C)C. The third kappa shape index (κ3) is 3.03. The second-order valence-electron chi connectivity index (χ2n) is 3.28. The lowest BCUT2D eigenvalue weighted by atomic mass is 10.2. The molecule has 0 aliphatic rings. The molecule has 0 amide bonds. The van der Waals surface area contributed by atoms with Crippen molar-refractivity contribution in [3.05, 3.63) is 23.9 Å². The highest BCUT2D eigenvalue weighted by Gasteiger charge is 2.01. The highest BCUT2D eigenvalue weighted by Crippen LogP contribution is 2.12. The van der Waals surface area contributed by atoms with Crippen molar-refractivity contribution in [2.75, 3.05) is 26.0 Å². The Morgan fingerprint density at radius 1 is 1.46 bits per heavy atom. The number of aromatic nitrogens is 1. The van der Waals surface area contributed by atoms with E-state index in [1.54, 1.807) is 0 Å². The van der Waals surface area contributed by atoms with E-state index < -0.39 is 0 Å². The minimum atomic E-state index is 0.914. The average molecular weight is 179 g/mol. The molecule has 0 saturated heterocycles. The summed E-state index contributed by atoms with van der Waals surface area (Å²) >= 11 is 0. The summed E-state index contributed by atoms with van der Waals surface area (Å²) < 4.78 is 0. The molecule has 0 atom stereocenters. The largest absolute Gasteiger partial charge is 0.370 e. The predicted molar refractivity (Wildman–Crippen MR) is 55.8 cm³/mol. The molecule has 72 valence electrons. The van der Waals surface area contributed by atoms with Crippen LogP contribution in [-0.4, -0.2) is 30.5 Å². The first kappa shape index (κ1) is 9.99. The van der Waals surface area contributed by atoms with Crippen LogP contribution >= 0.6 is 0 Å². The zero-order valence-corrected chi connectivity index (χ0v) is 8.54. The molecule has 0 unspecified atom stereocenters. The van der Waals surface area contributed by atoms with Crippen LogP contribution in [0.5, 0.6) is 0 Å². The van der Waals surface area contributed by atoms with Crippen LogP contribution in [0, 0.1) is 0 Å². The molecule has 3 nitrogen and oxygen atoms in total. The van der Waals surface area contributed by atoms with Crippen molar-refractivity contribution in [3.63, 3.8) is 0 Å². The molecule has 3 heteroatoms. The van der Waals surface area contributed by atoms with E-state index in [1.807, 2.05) is 12.3 Å². The molecule has 1 N–H and O–H groups in total. The Bertz CT molecular complexity index is 258. The Kier molecular flexibility index (Phi) is 3.71.